The molecule has 1 aromatic heterocycles. The van der Waals surface area contributed by atoms with Crippen LogP contribution in [-0.2, 0) is 0 Å². The van der Waals surface area contributed by atoms with Crippen LogP contribution in [0.1, 0.15) is 11.1 Å². The van der Waals surface area contributed by atoms with E-state index in [2.05, 4.69) is 20.9 Å². The number of nitrogens with zero attached hydrogens (tertiary/aromatic N) is 2. The third kappa shape index (κ3) is 2.68. The van der Waals surface area contributed by atoms with E-state index in [-0.39, 0.29) is 15.7 Å². The molecule has 0 radical (unpaired) electrons. The largest absolute Gasteiger partial charge is 0.397 e. The summed E-state index contributed by atoms with van der Waals surface area (Å²) in [6, 6.07) is 7.13. The highest BCUT2D eigenvalue weighted by Gasteiger charge is 2.17. The molecule has 2 N–H and O–H groups in total. The van der Waals surface area contributed by atoms with Gasteiger partial charge in [-0.2, -0.15) is 5.26 Å². The molecular weight excluding hydrogens is 328 g/mol. The molecule has 20 heavy (non-hydrogen) atoms. The molecule has 0 aliphatic rings. The zero-order valence-electron chi connectivity index (χ0n) is 10.1. The van der Waals surface area contributed by atoms with E-state index in [0.717, 1.165) is 12.1 Å². The first kappa shape index (κ1) is 14.2. The molecule has 0 saturated heterocycles. The number of halogens is 3. The Labute approximate surface area is 122 Å². The van der Waals surface area contributed by atoms with Crippen LogP contribution in [0.5, 0.6) is 0 Å². The van der Waals surface area contributed by atoms with Crippen molar-refractivity contribution in [1.82, 2.24) is 4.98 Å². The van der Waals surface area contributed by atoms with Crippen molar-refractivity contribution < 1.29 is 8.78 Å². The fourth-order valence-corrected chi connectivity index (χ4v) is 2.13. The second-order valence-corrected chi connectivity index (χ2v) is 4.80. The van der Waals surface area contributed by atoms with Gasteiger partial charge in [-0.15, -0.1) is 0 Å². The molecule has 1 heterocycles. The van der Waals surface area contributed by atoms with Gasteiger partial charge in [0.1, 0.15) is 17.7 Å². The first-order valence-corrected chi connectivity index (χ1v) is 6.29. The number of benzene rings is 1. The molecule has 0 saturated carbocycles. The Balaban J connectivity index is 2.68. The summed E-state index contributed by atoms with van der Waals surface area (Å²) in [4.78, 5) is 3.81. The lowest BCUT2D eigenvalue weighted by molar-refractivity contribution is 0.575. The van der Waals surface area contributed by atoms with E-state index < -0.39 is 17.2 Å². The average molecular weight is 336 g/mol. The van der Waals surface area contributed by atoms with Gasteiger partial charge in [-0.3, -0.25) is 4.98 Å². The Morgan fingerprint density at radius 2 is 1.75 bits per heavy atom. The molecule has 1 aromatic carbocycles. The second-order valence-electron chi connectivity index (χ2n) is 3.88. The lowest BCUT2D eigenvalue weighted by Gasteiger charge is -2.09. The van der Waals surface area contributed by atoms with E-state index in [4.69, 9.17) is 5.73 Å². The maximum atomic E-state index is 13.9. The van der Waals surface area contributed by atoms with Crippen LogP contribution in [0.25, 0.3) is 11.3 Å². The van der Waals surface area contributed by atoms with Crippen molar-refractivity contribution in [3.8, 4) is 6.07 Å². The number of hydrogen-bond acceptors (Lipinski definition) is 3. The Kier molecular flexibility index (Phi) is 4.11. The van der Waals surface area contributed by atoms with Gasteiger partial charge in [-0.05, 0) is 29.8 Å². The molecule has 0 atom stereocenters. The average Bonchev–Trinajstić information content (AvgIpc) is 2.39. The van der Waals surface area contributed by atoms with Crippen molar-refractivity contribution in [2.24, 2.45) is 5.73 Å². The maximum absolute atomic E-state index is 13.9. The highest BCUT2D eigenvalue weighted by Crippen LogP contribution is 2.28. The summed E-state index contributed by atoms with van der Waals surface area (Å²) >= 11 is 2.99. The lowest BCUT2D eigenvalue weighted by atomic mass is 10.0. The molecule has 3 nitrogen and oxygen atoms in total. The van der Waals surface area contributed by atoms with Crippen LogP contribution in [0.4, 0.5) is 8.78 Å². The van der Waals surface area contributed by atoms with E-state index in [0.29, 0.717) is 5.56 Å². The topological polar surface area (TPSA) is 62.7 Å². The second kappa shape index (κ2) is 5.80. The minimum atomic E-state index is -0.837. The lowest BCUT2D eigenvalue weighted by Crippen LogP contribution is -2.06. The minimum absolute atomic E-state index is 0.00692. The molecule has 0 aliphatic heterocycles. The molecule has 100 valence electrons. The number of rotatable bonds is 2. The molecule has 6 heteroatoms. The van der Waals surface area contributed by atoms with E-state index >= 15 is 0 Å². The molecular formula is C14H8BrF2N3. The monoisotopic (exact) mass is 335 g/mol. The first-order valence-electron chi connectivity index (χ1n) is 5.49. The van der Waals surface area contributed by atoms with Crippen LogP contribution in [0.3, 0.4) is 0 Å². The van der Waals surface area contributed by atoms with Gasteiger partial charge in [0.15, 0.2) is 0 Å². The smallest absolute Gasteiger partial charge is 0.136 e. The SMILES string of the molecule is N#C/C(=C(/N)c1c(F)cc(Br)cc1F)c1ccncc1. The van der Waals surface area contributed by atoms with Gasteiger partial charge in [0, 0.05) is 16.9 Å². The third-order valence-corrected chi connectivity index (χ3v) is 3.08. The van der Waals surface area contributed by atoms with Crippen LogP contribution in [0, 0.1) is 23.0 Å². The summed E-state index contributed by atoms with van der Waals surface area (Å²) < 4.78 is 28.0. The molecule has 2 rings (SSSR count). The highest BCUT2D eigenvalue weighted by molar-refractivity contribution is 9.10. The van der Waals surface area contributed by atoms with E-state index in [9.17, 15) is 14.0 Å². The van der Waals surface area contributed by atoms with E-state index in [1.54, 1.807) is 12.1 Å². The molecule has 0 amide bonds. The summed E-state index contributed by atoms with van der Waals surface area (Å²) in [5, 5.41) is 9.19. The number of allylic oxidation sites excluding steroid dienone is 1. The first-order chi connectivity index (χ1) is 9.54. The summed E-state index contributed by atoms with van der Waals surface area (Å²) in [6.45, 7) is 0. The van der Waals surface area contributed by atoms with Crippen molar-refractivity contribution >= 4 is 27.2 Å². The van der Waals surface area contributed by atoms with Crippen LogP contribution in [-0.4, -0.2) is 4.98 Å². The predicted octanol–water partition coefficient (Wildman–Crippen LogP) is 3.47. The Morgan fingerprint density at radius 1 is 1.20 bits per heavy atom. The van der Waals surface area contributed by atoms with Crippen molar-refractivity contribution in [2.75, 3.05) is 0 Å². The van der Waals surface area contributed by atoms with Crippen LogP contribution in [0.15, 0.2) is 41.1 Å². The maximum Gasteiger partial charge on any atom is 0.136 e. The molecule has 0 aliphatic carbocycles. The summed E-state index contributed by atoms with van der Waals surface area (Å²) in [7, 11) is 0. The van der Waals surface area contributed by atoms with Crippen LogP contribution in [0.2, 0.25) is 0 Å². The fraction of sp³-hybridized carbons (Fsp3) is 0. The van der Waals surface area contributed by atoms with Crippen LogP contribution >= 0.6 is 15.9 Å². The predicted molar refractivity (Wildman–Crippen MR) is 74.9 cm³/mol. The van der Waals surface area contributed by atoms with Gasteiger partial charge in [0.25, 0.3) is 0 Å². The third-order valence-electron chi connectivity index (χ3n) is 2.63. The van der Waals surface area contributed by atoms with Crippen molar-refractivity contribution in [3.63, 3.8) is 0 Å². The molecule has 2 aromatic rings. The molecule has 0 spiro atoms. The zero-order chi connectivity index (χ0) is 14.7. The van der Waals surface area contributed by atoms with Gasteiger partial charge in [0.2, 0.25) is 0 Å². The number of aromatic nitrogens is 1. The number of pyridine rings is 1. The van der Waals surface area contributed by atoms with E-state index in [1.165, 1.54) is 12.4 Å². The van der Waals surface area contributed by atoms with Crippen LogP contribution < -0.4 is 5.73 Å². The highest BCUT2D eigenvalue weighted by atomic mass is 79.9. The summed E-state index contributed by atoms with van der Waals surface area (Å²) in [5.74, 6) is -1.67. The van der Waals surface area contributed by atoms with Crippen molar-refractivity contribution in [1.29, 1.82) is 5.26 Å². The Morgan fingerprint density at radius 3 is 2.25 bits per heavy atom. The number of nitrogens with two attached hydrogens (primary N) is 1. The zero-order valence-corrected chi connectivity index (χ0v) is 11.7. The standard InChI is InChI=1S/C14H8BrF2N3/c15-9-5-11(16)13(12(17)6-9)14(19)10(7-18)8-1-3-20-4-2-8/h1-6H,19H2/b14-10-. The Bertz CT molecular complexity index is 698. The summed E-state index contributed by atoms with van der Waals surface area (Å²) in [6.07, 6.45) is 2.93. The van der Waals surface area contributed by atoms with Gasteiger partial charge in [-0.1, -0.05) is 15.9 Å². The van der Waals surface area contributed by atoms with Gasteiger partial charge in [0.05, 0.1) is 16.8 Å². The normalized spacial score (nSPS) is 11.7. The number of nitriles is 1. The van der Waals surface area contributed by atoms with Crippen molar-refractivity contribution in [3.05, 3.63) is 63.9 Å². The molecule has 0 fully saturated rings. The summed E-state index contributed by atoms with van der Waals surface area (Å²) in [5.41, 5.74) is 5.55. The van der Waals surface area contributed by atoms with Gasteiger partial charge >= 0.3 is 0 Å². The molecule has 0 unspecified atom stereocenters. The fourth-order valence-electron chi connectivity index (χ4n) is 1.72. The van der Waals surface area contributed by atoms with E-state index in [1.807, 2.05) is 6.07 Å². The quantitative estimate of drug-likeness (QED) is 0.854. The minimum Gasteiger partial charge on any atom is -0.397 e. The number of hydrogen-bond donors (Lipinski definition) is 1. The molecule has 0 bridgehead atoms. The van der Waals surface area contributed by atoms with Crippen molar-refractivity contribution in [2.45, 2.75) is 0 Å². The Hall–Kier alpha value is -2.26. The van der Waals surface area contributed by atoms with Gasteiger partial charge in [-0.25, -0.2) is 8.78 Å². The van der Waals surface area contributed by atoms with Gasteiger partial charge < -0.3 is 5.73 Å².